The van der Waals surface area contributed by atoms with Gasteiger partial charge in [-0.25, -0.2) is 4.79 Å². The molecule has 1 aliphatic rings. The highest BCUT2D eigenvalue weighted by Gasteiger charge is 2.71. The predicted molar refractivity (Wildman–Crippen MR) is 74.7 cm³/mol. The molecule has 7 nitrogen and oxygen atoms in total. The van der Waals surface area contributed by atoms with Crippen LogP contribution < -0.4 is 5.32 Å². The highest BCUT2D eigenvalue weighted by atomic mass is 19.4. The van der Waals surface area contributed by atoms with Crippen LogP contribution in [0.15, 0.2) is 0 Å². The Kier molecular flexibility index (Phi) is 5.46. The maximum Gasteiger partial charge on any atom is 0.444 e. The molecule has 0 aromatic carbocycles. The van der Waals surface area contributed by atoms with Gasteiger partial charge in [-0.1, -0.05) is 0 Å². The minimum absolute atomic E-state index is 0.0761. The van der Waals surface area contributed by atoms with Gasteiger partial charge in [-0.05, 0) is 40.0 Å². The Labute approximate surface area is 137 Å². The number of hydrogen-bond acceptors (Lipinski definition) is 6. The summed E-state index contributed by atoms with van der Waals surface area (Å²) >= 11 is 0. The Bertz CT molecular complexity index is 500. The Morgan fingerprint density at radius 1 is 1.21 bits per heavy atom. The van der Waals surface area contributed by atoms with Crippen LogP contribution in [0.4, 0.5) is 18.0 Å². The van der Waals surface area contributed by atoms with Crippen LogP contribution in [0.25, 0.3) is 0 Å². The quantitative estimate of drug-likeness (QED) is 0.522. The Hall–Kier alpha value is -1.55. The zero-order valence-electron chi connectivity index (χ0n) is 13.9. The summed E-state index contributed by atoms with van der Waals surface area (Å²) in [6.45, 7) is 4.82. The first-order chi connectivity index (χ1) is 10.7. The second-order valence-corrected chi connectivity index (χ2v) is 6.83. The number of esters is 1. The van der Waals surface area contributed by atoms with Gasteiger partial charge in [-0.3, -0.25) is 4.79 Å². The van der Waals surface area contributed by atoms with Gasteiger partial charge in [0.15, 0.2) is 0 Å². The molecule has 0 heterocycles. The van der Waals surface area contributed by atoms with Crippen LogP contribution in [0.5, 0.6) is 0 Å². The zero-order chi connectivity index (χ0) is 19.0. The van der Waals surface area contributed by atoms with E-state index in [0.717, 1.165) is 7.11 Å². The van der Waals surface area contributed by atoms with Crippen LogP contribution in [0.1, 0.15) is 40.0 Å². The highest BCUT2D eigenvalue weighted by molar-refractivity contribution is 5.79. The maximum absolute atomic E-state index is 13.0. The summed E-state index contributed by atoms with van der Waals surface area (Å²) in [4.78, 5) is 23.6. The van der Waals surface area contributed by atoms with Gasteiger partial charge < -0.3 is 25.0 Å². The van der Waals surface area contributed by atoms with Crippen molar-refractivity contribution >= 4 is 12.1 Å². The van der Waals surface area contributed by atoms with Crippen LogP contribution in [0, 0.1) is 5.41 Å². The third kappa shape index (κ3) is 3.92. The number of hydrogen-bond donors (Lipinski definition) is 3. The van der Waals surface area contributed by atoms with Gasteiger partial charge in [0.2, 0.25) is 0 Å². The van der Waals surface area contributed by atoms with Gasteiger partial charge in [-0.2, -0.15) is 13.2 Å². The largest absolute Gasteiger partial charge is 0.468 e. The second-order valence-electron chi connectivity index (χ2n) is 6.83. The van der Waals surface area contributed by atoms with E-state index in [0.29, 0.717) is 0 Å². The normalized spacial score (nSPS) is 25.3. The molecule has 140 valence electrons. The molecule has 0 aliphatic heterocycles. The third-order valence-corrected chi connectivity index (χ3v) is 3.87. The number of methoxy groups -OCH3 is 1. The fourth-order valence-corrected chi connectivity index (χ4v) is 2.75. The molecule has 3 N–H and O–H groups in total. The second kappa shape index (κ2) is 6.40. The van der Waals surface area contributed by atoms with Gasteiger partial charge >= 0.3 is 18.2 Å². The fraction of sp³-hybridized carbons (Fsp3) is 0.857. The van der Waals surface area contributed by atoms with Gasteiger partial charge in [0.1, 0.15) is 11.0 Å². The summed E-state index contributed by atoms with van der Waals surface area (Å²) in [5.74, 6) is -5.68. The van der Waals surface area contributed by atoms with E-state index in [4.69, 9.17) is 4.74 Å². The lowest BCUT2D eigenvalue weighted by atomic mass is 9.76. The SMILES string of the molecule is COC(=O)C1(C(O)(O)C(F)(F)F)CCC(NC(=O)OC(C)(C)C)C1. The number of alkyl carbamates (subject to hydrolysis) is 1. The lowest BCUT2D eigenvalue weighted by Crippen LogP contribution is -2.61. The molecule has 0 spiro atoms. The summed E-state index contributed by atoms with van der Waals surface area (Å²) in [5, 5.41) is 21.6. The molecule has 0 aromatic rings. The predicted octanol–water partition coefficient (Wildman–Crippen LogP) is 1.47. The minimum Gasteiger partial charge on any atom is -0.468 e. The first-order valence-corrected chi connectivity index (χ1v) is 7.26. The summed E-state index contributed by atoms with van der Waals surface area (Å²) in [6.07, 6.45) is -7.59. The maximum atomic E-state index is 13.0. The number of alkyl halides is 3. The molecule has 1 aliphatic carbocycles. The molecule has 10 heteroatoms. The standard InChI is InChI=1S/C14H22F3NO6/c1-11(2,3)24-10(20)18-8-5-6-12(7-8,9(19)23-4)13(21,22)14(15,16)17/h8,21-22H,5-7H2,1-4H3,(H,18,20). The number of carbonyl (C=O) groups excluding carboxylic acids is 2. The van der Waals surface area contributed by atoms with Crippen molar-refractivity contribution in [3.63, 3.8) is 0 Å². The van der Waals surface area contributed by atoms with E-state index >= 15 is 0 Å². The van der Waals surface area contributed by atoms with Crippen molar-refractivity contribution in [3.05, 3.63) is 0 Å². The topological polar surface area (TPSA) is 105 Å². The van der Waals surface area contributed by atoms with Crippen molar-refractivity contribution < 1.29 is 42.4 Å². The van der Waals surface area contributed by atoms with Crippen molar-refractivity contribution in [1.82, 2.24) is 5.32 Å². The molecule has 1 saturated carbocycles. The van der Waals surface area contributed by atoms with E-state index in [1.807, 2.05) is 0 Å². The van der Waals surface area contributed by atoms with E-state index in [-0.39, 0.29) is 6.42 Å². The molecule has 2 unspecified atom stereocenters. The Balaban J connectivity index is 3.00. The van der Waals surface area contributed by atoms with Gasteiger partial charge in [0.05, 0.1) is 7.11 Å². The van der Waals surface area contributed by atoms with E-state index in [2.05, 4.69) is 10.1 Å². The molecule has 0 aromatic heterocycles. The van der Waals surface area contributed by atoms with E-state index in [1.54, 1.807) is 20.8 Å². The van der Waals surface area contributed by atoms with Crippen molar-refractivity contribution in [2.75, 3.05) is 7.11 Å². The molecule has 1 rings (SSSR count). The van der Waals surface area contributed by atoms with Crippen molar-refractivity contribution in [1.29, 1.82) is 0 Å². The number of halogens is 3. The number of rotatable bonds is 3. The molecular weight excluding hydrogens is 335 g/mol. The van der Waals surface area contributed by atoms with Crippen LogP contribution in [0.3, 0.4) is 0 Å². The van der Waals surface area contributed by atoms with Crippen molar-refractivity contribution in [2.24, 2.45) is 5.41 Å². The lowest BCUT2D eigenvalue weighted by Gasteiger charge is -2.39. The molecule has 1 fully saturated rings. The molecule has 0 bridgehead atoms. The summed E-state index contributed by atoms with van der Waals surface area (Å²) < 4.78 is 48.4. The first-order valence-electron chi connectivity index (χ1n) is 7.26. The Morgan fingerprint density at radius 2 is 1.75 bits per heavy atom. The average molecular weight is 357 g/mol. The zero-order valence-corrected chi connectivity index (χ0v) is 13.9. The number of amides is 1. The smallest absolute Gasteiger partial charge is 0.444 e. The van der Waals surface area contributed by atoms with E-state index in [1.165, 1.54) is 0 Å². The number of aliphatic hydroxyl groups is 2. The fourth-order valence-electron chi connectivity index (χ4n) is 2.75. The van der Waals surface area contributed by atoms with E-state index in [9.17, 15) is 33.0 Å². The van der Waals surface area contributed by atoms with Crippen LogP contribution in [-0.2, 0) is 14.3 Å². The molecule has 24 heavy (non-hydrogen) atoms. The van der Waals surface area contributed by atoms with Crippen LogP contribution in [0.2, 0.25) is 0 Å². The molecule has 0 radical (unpaired) electrons. The number of carbonyl (C=O) groups is 2. The minimum atomic E-state index is -5.47. The van der Waals surface area contributed by atoms with Crippen molar-refractivity contribution in [3.8, 4) is 0 Å². The molecular formula is C14H22F3NO6. The number of nitrogens with one attached hydrogen (secondary N) is 1. The van der Waals surface area contributed by atoms with E-state index < -0.39 is 53.9 Å². The van der Waals surface area contributed by atoms with Gasteiger partial charge in [0, 0.05) is 6.04 Å². The average Bonchev–Trinajstić information content (AvgIpc) is 2.79. The third-order valence-electron chi connectivity index (χ3n) is 3.87. The van der Waals surface area contributed by atoms with Crippen molar-refractivity contribution in [2.45, 2.75) is 63.6 Å². The summed E-state index contributed by atoms with van der Waals surface area (Å²) in [5.41, 5.74) is -3.44. The molecule has 2 atom stereocenters. The van der Waals surface area contributed by atoms with Crippen LogP contribution in [-0.4, -0.2) is 53.0 Å². The monoisotopic (exact) mass is 357 g/mol. The molecule has 1 amide bonds. The van der Waals surface area contributed by atoms with Gasteiger partial charge in [0.25, 0.3) is 5.79 Å². The summed E-state index contributed by atoms with van der Waals surface area (Å²) in [6, 6.07) is -0.903. The van der Waals surface area contributed by atoms with Crippen LogP contribution >= 0.6 is 0 Å². The first kappa shape index (κ1) is 20.5. The highest BCUT2D eigenvalue weighted by Crippen LogP contribution is 2.52. The summed E-state index contributed by atoms with van der Waals surface area (Å²) in [7, 11) is 0.852. The van der Waals surface area contributed by atoms with Gasteiger partial charge in [-0.15, -0.1) is 0 Å². The number of ether oxygens (including phenoxy) is 2. The Morgan fingerprint density at radius 3 is 2.17 bits per heavy atom. The lowest BCUT2D eigenvalue weighted by molar-refractivity contribution is -0.387. The molecule has 0 saturated heterocycles.